The highest BCUT2D eigenvalue weighted by Crippen LogP contribution is 2.41. The highest BCUT2D eigenvalue weighted by molar-refractivity contribution is 8.01. The molecule has 0 aromatic carbocycles. The zero-order chi connectivity index (χ0) is 25.4. The van der Waals surface area contributed by atoms with Crippen LogP contribution in [0.15, 0.2) is 22.6 Å². The van der Waals surface area contributed by atoms with Crippen molar-refractivity contribution in [3.63, 3.8) is 0 Å². The van der Waals surface area contributed by atoms with E-state index in [1.807, 2.05) is 0 Å². The molecule has 3 atom stereocenters. The lowest BCUT2D eigenvalue weighted by Gasteiger charge is -2.49. The maximum atomic E-state index is 12.9. The lowest BCUT2D eigenvalue weighted by Crippen LogP contribution is -2.71. The van der Waals surface area contributed by atoms with Crippen LogP contribution in [-0.4, -0.2) is 92.7 Å². The predicted molar refractivity (Wildman–Crippen MR) is 119 cm³/mol. The van der Waals surface area contributed by atoms with Crippen molar-refractivity contribution in [3.8, 4) is 5.88 Å². The largest absolute Gasteiger partial charge is 0.477 e. The average molecular weight is 526 g/mol. The van der Waals surface area contributed by atoms with E-state index in [1.165, 1.54) is 47.1 Å². The number of hydrogen-bond acceptors (Lipinski definition) is 12. The Hall–Kier alpha value is -3.67. The lowest BCUT2D eigenvalue weighted by molar-refractivity contribution is -0.385. The van der Waals surface area contributed by atoms with Crippen LogP contribution in [0.2, 0.25) is 0 Å². The van der Waals surface area contributed by atoms with Gasteiger partial charge in [-0.1, -0.05) is 11.8 Å². The number of hydrogen-bond donors (Lipinski definition) is 2. The minimum atomic E-state index is -1.25. The van der Waals surface area contributed by atoms with Gasteiger partial charge in [-0.3, -0.25) is 24.6 Å². The van der Waals surface area contributed by atoms with Gasteiger partial charge in [0.1, 0.15) is 29.4 Å². The van der Waals surface area contributed by atoms with Gasteiger partial charge in [0.05, 0.1) is 12.0 Å². The third-order valence-electron chi connectivity index (χ3n) is 5.35. The molecule has 0 saturated carbocycles. The quantitative estimate of drug-likeness (QED) is 0.182. The average Bonchev–Trinajstić information content (AvgIpc) is 3.45. The predicted octanol–water partition coefficient (Wildman–Crippen LogP) is -0.585. The molecule has 0 unspecified atom stereocenters. The number of amides is 2. The highest BCUT2D eigenvalue weighted by Gasteiger charge is 2.54. The maximum absolute atomic E-state index is 12.9. The van der Waals surface area contributed by atoms with Gasteiger partial charge < -0.3 is 15.2 Å². The summed E-state index contributed by atoms with van der Waals surface area (Å²) < 4.78 is 7.39. The number of nitrogens with one attached hydrogen (secondary N) is 1. The molecule has 2 N–H and O–H groups in total. The van der Waals surface area contributed by atoms with Crippen molar-refractivity contribution in [2.24, 2.45) is 7.05 Å². The molecule has 35 heavy (non-hydrogen) atoms. The Labute approximate surface area is 205 Å². The molecule has 2 aliphatic heterocycles. The highest BCUT2D eigenvalue weighted by atomic mass is 32.2. The molecule has 2 aromatic heterocycles. The fraction of sp³-hybridized carbons (Fsp3) is 0.471. The Kier molecular flexibility index (Phi) is 6.66. The van der Waals surface area contributed by atoms with Crippen LogP contribution in [0.4, 0.5) is 5.69 Å². The summed E-state index contributed by atoms with van der Waals surface area (Å²) in [4.78, 5) is 49.2. The summed E-state index contributed by atoms with van der Waals surface area (Å²) in [5.41, 5.74) is 0.0150. The Bertz CT molecular complexity index is 1240. The summed E-state index contributed by atoms with van der Waals surface area (Å²) in [6.07, 6.45) is 1.06. The van der Waals surface area contributed by atoms with Crippen LogP contribution in [0.3, 0.4) is 0 Å². The fourth-order valence-corrected chi connectivity index (χ4v) is 5.85. The number of carbonyl (C=O) groups is 3. The van der Waals surface area contributed by atoms with E-state index in [-0.39, 0.29) is 17.3 Å². The number of carboxylic acids is 1. The van der Waals surface area contributed by atoms with Gasteiger partial charge in [0, 0.05) is 18.6 Å². The number of aliphatic carboxylic acids is 1. The van der Waals surface area contributed by atoms with Crippen LogP contribution in [0.1, 0.15) is 13.0 Å². The molecule has 186 valence electrons. The van der Waals surface area contributed by atoms with Crippen molar-refractivity contribution in [1.82, 2.24) is 40.2 Å². The van der Waals surface area contributed by atoms with E-state index >= 15 is 0 Å². The second kappa shape index (κ2) is 9.53. The van der Waals surface area contributed by atoms with E-state index in [2.05, 4.69) is 25.9 Å². The molecule has 18 heteroatoms. The Morgan fingerprint density at radius 2 is 2.23 bits per heavy atom. The van der Waals surface area contributed by atoms with E-state index in [9.17, 15) is 29.6 Å². The van der Waals surface area contributed by atoms with Gasteiger partial charge in [-0.25, -0.2) is 14.2 Å². The molecule has 4 heterocycles. The SMILES string of the molecule is COc1nn([C@H](C)C(=O)N[C@@H]2C(=O)N3C(C(=O)O)=C(CSc4nnnn4C)CS[C@H]23)cc1[N+](=O)[O-]. The number of nitrogens with zero attached hydrogens (tertiary/aromatic N) is 8. The first kappa shape index (κ1) is 24.5. The summed E-state index contributed by atoms with van der Waals surface area (Å²) >= 11 is 2.57. The summed E-state index contributed by atoms with van der Waals surface area (Å²) in [6, 6.07) is -1.94. The molecule has 2 amide bonds. The number of tetrazole rings is 1. The van der Waals surface area contributed by atoms with Crippen molar-refractivity contribution in [1.29, 1.82) is 0 Å². The summed E-state index contributed by atoms with van der Waals surface area (Å²) in [6.45, 7) is 1.46. The number of rotatable bonds is 9. The number of carboxylic acid groups (broad SMARTS) is 1. The Balaban J connectivity index is 1.46. The molecule has 0 bridgehead atoms. The third-order valence-corrected chi connectivity index (χ3v) is 7.79. The molecule has 1 saturated heterocycles. The first-order chi connectivity index (χ1) is 16.6. The van der Waals surface area contributed by atoms with Gasteiger partial charge in [-0.15, -0.1) is 22.0 Å². The third kappa shape index (κ3) is 4.41. The standard InChI is InChI=1S/C17H19N9O7S2/c1-7(24-4-9(26(31)32)13(20-24)33-3)12(27)18-10-14(28)25-11(16(29)30)8(5-34-15(10)25)6-35-17-19-21-22-23(17)2/h4,7,10,15H,5-6H2,1-3H3,(H,18,27)(H,29,30)/t7-,10-,15-/m1/s1. The Morgan fingerprint density at radius 3 is 2.80 bits per heavy atom. The molecule has 16 nitrogen and oxygen atoms in total. The Morgan fingerprint density at radius 1 is 1.49 bits per heavy atom. The van der Waals surface area contributed by atoms with E-state index in [1.54, 1.807) is 7.05 Å². The van der Waals surface area contributed by atoms with Crippen LogP contribution in [0, 0.1) is 10.1 Å². The first-order valence-electron chi connectivity index (χ1n) is 9.97. The van der Waals surface area contributed by atoms with Crippen LogP contribution in [-0.2, 0) is 21.4 Å². The van der Waals surface area contributed by atoms with Crippen molar-refractivity contribution < 1.29 is 29.2 Å². The van der Waals surface area contributed by atoms with Crippen molar-refractivity contribution in [3.05, 3.63) is 27.6 Å². The van der Waals surface area contributed by atoms with Gasteiger partial charge in [0.2, 0.25) is 11.1 Å². The van der Waals surface area contributed by atoms with Crippen molar-refractivity contribution in [2.45, 2.75) is 29.5 Å². The zero-order valence-corrected chi connectivity index (χ0v) is 20.1. The number of ether oxygens (including phenoxy) is 1. The monoisotopic (exact) mass is 525 g/mol. The normalized spacial score (nSPS) is 20.2. The maximum Gasteiger partial charge on any atom is 0.352 e. The van der Waals surface area contributed by atoms with Gasteiger partial charge in [0.15, 0.2) is 0 Å². The number of methoxy groups -OCH3 is 1. The smallest absolute Gasteiger partial charge is 0.352 e. The van der Waals surface area contributed by atoms with Crippen LogP contribution in [0.25, 0.3) is 0 Å². The van der Waals surface area contributed by atoms with Crippen molar-refractivity contribution >= 4 is 47.0 Å². The number of aromatic nitrogens is 6. The topological polar surface area (TPSA) is 200 Å². The summed E-state index contributed by atoms with van der Waals surface area (Å²) in [7, 11) is 2.88. The molecule has 4 rings (SSSR count). The molecule has 2 aromatic rings. The van der Waals surface area contributed by atoms with E-state index < -0.39 is 45.9 Å². The van der Waals surface area contributed by atoms with Crippen LogP contribution < -0.4 is 10.1 Å². The van der Waals surface area contributed by atoms with E-state index in [0.29, 0.717) is 16.5 Å². The summed E-state index contributed by atoms with van der Waals surface area (Å²) in [5.74, 6) is -2.06. The van der Waals surface area contributed by atoms with E-state index in [4.69, 9.17) is 4.74 Å². The molecule has 0 radical (unpaired) electrons. The van der Waals surface area contributed by atoms with Gasteiger partial charge in [0.25, 0.3) is 5.91 Å². The number of nitro groups is 1. The summed E-state index contributed by atoms with van der Waals surface area (Å²) in [5, 5.41) is 38.4. The second-order valence-electron chi connectivity index (χ2n) is 7.46. The lowest BCUT2D eigenvalue weighted by atomic mass is 10.0. The molecule has 2 aliphatic rings. The molecule has 0 aliphatic carbocycles. The van der Waals surface area contributed by atoms with Gasteiger partial charge in [-0.05, 0) is 22.9 Å². The minimum Gasteiger partial charge on any atom is -0.477 e. The molecular formula is C17H19N9O7S2. The van der Waals surface area contributed by atoms with Gasteiger partial charge in [-0.2, -0.15) is 0 Å². The number of carbonyl (C=O) groups excluding carboxylic acids is 2. The molecular weight excluding hydrogens is 506 g/mol. The number of aryl methyl sites for hydroxylation is 1. The minimum absolute atomic E-state index is 0.118. The molecule has 1 fully saturated rings. The number of β-lactam (4-membered cyclic amide) rings is 1. The van der Waals surface area contributed by atoms with Crippen LogP contribution >= 0.6 is 23.5 Å². The van der Waals surface area contributed by atoms with Crippen LogP contribution in [0.5, 0.6) is 5.88 Å². The fourth-order valence-electron chi connectivity index (χ4n) is 3.52. The number of fused-ring (bicyclic) bond motifs is 1. The first-order valence-corrected chi connectivity index (χ1v) is 12.0. The zero-order valence-electron chi connectivity index (χ0n) is 18.5. The van der Waals surface area contributed by atoms with Crippen molar-refractivity contribution in [2.75, 3.05) is 18.6 Å². The molecule has 0 spiro atoms. The van der Waals surface area contributed by atoms with E-state index in [0.717, 1.165) is 10.9 Å². The number of thioether (sulfide) groups is 2. The van der Waals surface area contributed by atoms with Gasteiger partial charge >= 0.3 is 17.5 Å². The second-order valence-corrected chi connectivity index (χ2v) is 9.51.